The molecular formula is C15H22O3. The van der Waals surface area contributed by atoms with E-state index in [-0.39, 0.29) is 16.9 Å². The molecule has 0 radical (unpaired) electrons. The van der Waals surface area contributed by atoms with Crippen LogP contribution in [0.1, 0.15) is 46.5 Å². The van der Waals surface area contributed by atoms with Crippen LogP contribution in [-0.4, -0.2) is 23.3 Å². The van der Waals surface area contributed by atoms with Gasteiger partial charge >= 0.3 is 0 Å². The molecule has 0 saturated heterocycles. The summed E-state index contributed by atoms with van der Waals surface area (Å²) < 4.78 is 0. The summed E-state index contributed by atoms with van der Waals surface area (Å²) in [6, 6.07) is 0. The Balaban J connectivity index is 2.57. The van der Waals surface area contributed by atoms with Gasteiger partial charge in [0.2, 0.25) is 0 Å². The highest BCUT2D eigenvalue weighted by molar-refractivity contribution is 5.88. The number of rotatable bonds is 2. The van der Waals surface area contributed by atoms with Gasteiger partial charge in [0.1, 0.15) is 6.29 Å². The summed E-state index contributed by atoms with van der Waals surface area (Å²) in [7, 11) is 0. The van der Waals surface area contributed by atoms with Crippen molar-refractivity contribution < 1.29 is 14.7 Å². The Labute approximate surface area is 108 Å². The molecule has 0 amide bonds. The zero-order valence-electron chi connectivity index (χ0n) is 11.4. The molecule has 2 aliphatic carbocycles. The van der Waals surface area contributed by atoms with Gasteiger partial charge in [-0.15, -0.1) is 0 Å². The van der Waals surface area contributed by atoms with Crippen LogP contribution < -0.4 is 0 Å². The van der Waals surface area contributed by atoms with Crippen molar-refractivity contribution in [2.75, 3.05) is 0 Å². The maximum atomic E-state index is 11.5. The van der Waals surface area contributed by atoms with Gasteiger partial charge in [-0.1, -0.05) is 33.3 Å². The minimum absolute atomic E-state index is 0.0922. The van der Waals surface area contributed by atoms with Gasteiger partial charge in [-0.05, 0) is 30.6 Å². The van der Waals surface area contributed by atoms with E-state index in [0.29, 0.717) is 12.6 Å². The molecule has 100 valence electrons. The van der Waals surface area contributed by atoms with E-state index in [1.165, 1.54) is 0 Å². The van der Waals surface area contributed by atoms with Crippen LogP contribution in [0.3, 0.4) is 0 Å². The Morgan fingerprint density at radius 2 is 1.94 bits per heavy atom. The summed E-state index contributed by atoms with van der Waals surface area (Å²) in [5.74, 6) is 0.234. The fourth-order valence-corrected chi connectivity index (χ4v) is 4.23. The van der Waals surface area contributed by atoms with Gasteiger partial charge < -0.3 is 5.11 Å². The molecule has 1 unspecified atom stereocenters. The number of fused-ring (bicyclic) bond motifs is 1. The van der Waals surface area contributed by atoms with E-state index in [1.54, 1.807) is 6.08 Å². The minimum Gasteiger partial charge on any atom is -0.377 e. The minimum atomic E-state index is -1.62. The summed E-state index contributed by atoms with van der Waals surface area (Å²) in [4.78, 5) is 22.6. The van der Waals surface area contributed by atoms with Gasteiger partial charge in [-0.25, -0.2) is 0 Å². The molecule has 2 rings (SSSR count). The van der Waals surface area contributed by atoms with Gasteiger partial charge in [0.05, 0.1) is 0 Å². The van der Waals surface area contributed by atoms with Gasteiger partial charge in [-0.2, -0.15) is 0 Å². The predicted octanol–water partition coefficient (Wildman–Crippen LogP) is 2.28. The smallest absolute Gasteiger partial charge is 0.156 e. The lowest BCUT2D eigenvalue weighted by molar-refractivity contribution is -0.158. The third-order valence-corrected chi connectivity index (χ3v) is 5.41. The molecule has 1 saturated carbocycles. The average Bonchev–Trinajstić information content (AvgIpc) is 2.31. The first-order chi connectivity index (χ1) is 8.32. The molecule has 1 fully saturated rings. The normalized spacial score (nSPS) is 42.7. The molecule has 0 spiro atoms. The van der Waals surface area contributed by atoms with Crippen molar-refractivity contribution in [3.8, 4) is 0 Å². The first-order valence-corrected chi connectivity index (χ1v) is 6.66. The van der Waals surface area contributed by atoms with Gasteiger partial charge in [0.25, 0.3) is 0 Å². The average molecular weight is 250 g/mol. The van der Waals surface area contributed by atoms with Crippen LogP contribution >= 0.6 is 0 Å². The fraction of sp³-hybridized carbons (Fsp3) is 0.733. The second-order valence-corrected chi connectivity index (χ2v) is 6.71. The standard InChI is InChI=1S/C15H22O3/c1-13(2)7-4-8-14(3)12(13)6-5-11(9-16)15(14,18)10-17/h5,9-10,12,18H,4,6-8H2,1-3H3/t12-,14?,15+/m0/s1. The van der Waals surface area contributed by atoms with E-state index in [1.807, 2.05) is 6.92 Å². The van der Waals surface area contributed by atoms with Crippen LogP contribution in [0.15, 0.2) is 11.6 Å². The molecule has 0 aromatic carbocycles. The van der Waals surface area contributed by atoms with Gasteiger partial charge in [0, 0.05) is 11.0 Å². The van der Waals surface area contributed by atoms with Crippen molar-refractivity contribution in [2.45, 2.75) is 52.1 Å². The maximum Gasteiger partial charge on any atom is 0.156 e. The molecular weight excluding hydrogens is 228 g/mol. The van der Waals surface area contributed by atoms with Crippen LogP contribution in [0.25, 0.3) is 0 Å². The third-order valence-electron chi connectivity index (χ3n) is 5.41. The van der Waals surface area contributed by atoms with E-state index in [0.717, 1.165) is 25.7 Å². The summed E-state index contributed by atoms with van der Waals surface area (Å²) in [6.07, 6.45) is 6.61. The van der Waals surface area contributed by atoms with E-state index in [4.69, 9.17) is 0 Å². The lowest BCUT2D eigenvalue weighted by Gasteiger charge is -2.58. The number of carbonyl (C=O) groups is 2. The number of aliphatic hydroxyl groups is 1. The predicted molar refractivity (Wildman–Crippen MR) is 69.0 cm³/mol. The Hall–Kier alpha value is -0.960. The lowest BCUT2D eigenvalue weighted by atomic mass is 9.47. The monoisotopic (exact) mass is 250 g/mol. The Kier molecular flexibility index (Phi) is 3.01. The molecule has 0 heterocycles. The lowest BCUT2D eigenvalue weighted by Crippen LogP contribution is -2.60. The fourth-order valence-electron chi connectivity index (χ4n) is 4.23. The van der Waals surface area contributed by atoms with Gasteiger partial charge in [-0.3, -0.25) is 9.59 Å². The van der Waals surface area contributed by atoms with Crippen LogP contribution in [0.2, 0.25) is 0 Å². The molecule has 0 aliphatic heterocycles. The molecule has 3 atom stereocenters. The summed E-state index contributed by atoms with van der Waals surface area (Å²) in [6.45, 7) is 6.35. The molecule has 3 nitrogen and oxygen atoms in total. The zero-order chi connectivity index (χ0) is 13.6. The van der Waals surface area contributed by atoms with Crippen molar-refractivity contribution >= 4 is 12.6 Å². The van der Waals surface area contributed by atoms with E-state index in [2.05, 4.69) is 13.8 Å². The maximum absolute atomic E-state index is 11.5. The van der Waals surface area contributed by atoms with Crippen LogP contribution in [0.4, 0.5) is 0 Å². The second-order valence-electron chi connectivity index (χ2n) is 6.71. The van der Waals surface area contributed by atoms with E-state index in [9.17, 15) is 14.7 Å². The van der Waals surface area contributed by atoms with Crippen molar-refractivity contribution in [3.05, 3.63) is 11.6 Å². The van der Waals surface area contributed by atoms with Crippen molar-refractivity contribution in [3.63, 3.8) is 0 Å². The van der Waals surface area contributed by atoms with Gasteiger partial charge in [0.15, 0.2) is 11.9 Å². The van der Waals surface area contributed by atoms with Crippen molar-refractivity contribution in [1.82, 2.24) is 0 Å². The molecule has 1 N–H and O–H groups in total. The summed E-state index contributed by atoms with van der Waals surface area (Å²) in [5.41, 5.74) is -1.81. The highest BCUT2D eigenvalue weighted by atomic mass is 16.3. The Morgan fingerprint density at radius 1 is 1.28 bits per heavy atom. The largest absolute Gasteiger partial charge is 0.377 e. The quantitative estimate of drug-likeness (QED) is 0.765. The Morgan fingerprint density at radius 3 is 2.50 bits per heavy atom. The summed E-state index contributed by atoms with van der Waals surface area (Å²) in [5, 5.41) is 10.8. The second kappa shape index (κ2) is 4.02. The first-order valence-electron chi connectivity index (χ1n) is 6.66. The number of hydrogen-bond acceptors (Lipinski definition) is 3. The zero-order valence-corrected chi connectivity index (χ0v) is 11.4. The molecule has 0 bridgehead atoms. The first kappa shape index (κ1) is 13.5. The van der Waals surface area contributed by atoms with E-state index < -0.39 is 11.0 Å². The van der Waals surface area contributed by atoms with Crippen molar-refractivity contribution in [2.24, 2.45) is 16.7 Å². The van der Waals surface area contributed by atoms with Crippen LogP contribution in [0, 0.1) is 16.7 Å². The van der Waals surface area contributed by atoms with E-state index >= 15 is 0 Å². The number of carbonyl (C=O) groups excluding carboxylic acids is 2. The number of hydrogen-bond donors (Lipinski definition) is 1. The molecule has 18 heavy (non-hydrogen) atoms. The molecule has 3 heteroatoms. The molecule has 0 aromatic rings. The third kappa shape index (κ3) is 1.53. The van der Waals surface area contributed by atoms with Crippen molar-refractivity contribution in [1.29, 1.82) is 0 Å². The topological polar surface area (TPSA) is 54.4 Å². The number of aldehydes is 2. The van der Waals surface area contributed by atoms with Crippen LogP contribution in [0.5, 0.6) is 0 Å². The summed E-state index contributed by atoms with van der Waals surface area (Å²) >= 11 is 0. The highest BCUT2D eigenvalue weighted by Crippen LogP contribution is 2.60. The SMILES string of the molecule is CC1(C)CCCC2(C)[C@H]1CC=C(C=O)[C@]2(O)C=O. The Bertz CT molecular complexity index is 410. The molecule has 2 aliphatic rings. The highest BCUT2D eigenvalue weighted by Gasteiger charge is 2.60. The molecule has 0 aromatic heterocycles. The van der Waals surface area contributed by atoms with Crippen LogP contribution in [-0.2, 0) is 9.59 Å². The number of allylic oxidation sites excluding steroid dienone is 1.